The van der Waals surface area contributed by atoms with E-state index in [4.69, 9.17) is 23.6 Å². The van der Waals surface area contributed by atoms with Gasteiger partial charge in [0.05, 0.1) is 19.8 Å². The molecule has 0 fully saturated rings. The van der Waals surface area contributed by atoms with Crippen LogP contribution in [-0.2, 0) is 32.7 Å². The third-order valence-electron chi connectivity index (χ3n) is 12.2. The molecule has 0 aliphatic rings. The van der Waals surface area contributed by atoms with Crippen LogP contribution in [0.15, 0.2) is 12.2 Å². The van der Waals surface area contributed by atoms with Crippen LogP contribution < -0.4 is 0 Å². The number of hydrogen-bond donors (Lipinski definition) is 3. The largest absolute Gasteiger partial charge is 0.472 e. The van der Waals surface area contributed by atoms with E-state index in [1.807, 2.05) is 0 Å². The van der Waals surface area contributed by atoms with Crippen molar-refractivity contribution in [1.29, 1.82) is 0 Å². The first-order valence-corrected chi connectivity index (χ1v) is 28.6. The van der Waals surface area contributed by atoms with E-state index in [2.05, 4.69) is 26.0 Å². The predicted molar refractivity (Wildman–Crippen MR) is 265 cm³/mol. The van der Waals surface area contributed by atoms with Crippen molar-refractivity contribution in [3.63, 3.8) is 0 Å². The van der Waals surface area contributed by atoms with Crippen LogP contribution in [0.5, 0.6) is 0 Å². The molecule has 0 aromatic heterocycles. The quantitative estimate of drug-likeness (QED) is 0.0233. The fraction of sp³-hybridized carbons (Fsp3) is 0.925. The molecule has 10 nitrogen and oxygen atoms in total. The topological polar surface area (TPSA) is 149 Å². The molecule has 0 radical (unpaired) electrons. The standard InChI is InChI=1S/C53H103O10P/c1-3-5-7-9-11-13-15-17-19-21-23-24-25-26-27-29-30-32-34-36-38-40-42-44-52(56)60-48-51(49-62-64(58,59)61-47-50(55)46-54)63-53(57)45-43-41-39-37-35-33-31-28-22-20-18-16-14-12-10-8-6-4-2/h20,22,50-51,54-55H,3-19,21,23-49H2,1-2H3,(H,58,59)/b22-20-. The lowest BCUT2D eigenvalue weighted by atomic mass is 10.0. The van der Waals surface area contributed by atoms with Crippen molar-refractivity contribution in [2.45, 2.75) is 289 Å². The number of hydrogen-bond acceptors (Lipinski definition) is 9. The van der Waals surface area contributed by atoms with Crippen molar-refractivity contribution >= 4 is 19.8 Å². The highest BCUT2D eigenvalue weighted by molar-refractivity contribution is 7.47. The summed E-state index contributed by atoms with van der Waals surface area (Å²) < 4.78 is 32.9. The fourth-order valence-electron chi connectivity index (χ4n) is 7.99. The van der Waals surface area contributed by atoms with Gasteiger partial charge < -0.3 is 24.6 Å². The average molecular weight is 931 g/mol. The SMILES string of the molecule is CCCCCCCCC/C=C\CCCCCCCCCC(=O)OC(COC(=O)CCCCCCCCCCCCCCCCCCCCCCCCC)COP(=O)(O)OCC(O)CO. The molecule has 0 heterocycles. The van der Waals surface area contributed by atoms with Crippen LogP contribution in [-0.4, -0.2) is 65.7 Å². The molecule has 3 atom stereocenters. The number of phosphoric ester groups is 1. The number of phosphoric acid groups is 1. The Morgan fingerprint density at radius 3 is 1.12 bits per heavy atom. The van der Waals surface area contributed by atoms with E-state index in [1.165, 1.54) is 199 Å². The van der Waals surface area contributed by atoms with E-state index in [9.17, 15) is 24.2 Å². The summed E-state index contributed by atoms with van der Waals surface area (Å²) in [6.07, 6.45) is 51.9. The molecule has 64 heavy (non-hydrogen) atoms. The average Bonchev–Trinajstić information content (AvgIpc) is 3.28. The van der Waals surface area contributed by atoms with Crippen molar-refractivity contribution in [2.24, 2.45) is 0 Å². The smallest absolute Gasteiger partial charge is 0.462 e. The van der Waals surface area contributed by atoms with Crippen LogP contribution in [0, 0.1) is 0 Å². The Morgan fingerprint density at radius 1 is 0.453 bits per heavy atom. The summed E-state index contributed by atoms with van der Waals surface area (Å²) in [5.74, 6) is -0.911. The third kappa shape index (κ3) is 48.6. The number of rotatable bonds is 52. The summed E-state index contributed by atoms with van der Waals surface area (Å²) in [5, 5.41) is 18.4. The second-order valence-corrected chi connectivity index (χ2v) is 20.1. The van der Waals surface area contributed by atoms with Gasteiger partial charge in [-0.1, -0.05) is 238 Å². The number of carbonyl (C=O) groups excluding carboxylic acids is 2. The van der Waals surface area contributed by atoms with Crippen LogP contribution in [0.3, 0.4) is 0 Å². The van der Waals surface area contributed by atoms with Crippen LogP contribution >= 0.6 is 7.82 Å². The molecule has 0 spiro atoms. The first-order chi connectivity index (χ1) is 31.2. The number of unbranched alkanes of at least 4 members (excludes halogenated alkanes) is 36. The van der Waals surface area contributed by atoms with E-state index in [0.29, 0.717) is 12.8 Å². The zero-order valence-electron chi connectivity index (χ0n) is 41.8. The zero-order valence-corrected chi connectivity index (χ0v) is 42.7. The summed E-state index contributed by atoms with van der Waals surface area (Å²) in [7, 11) is -4.62. The maximum atomic E-state index is 12.7. The van der Waals surface area contributed by atoms with Gasteiger partial charge in [0.1, 0.15) is 12.7 Å². The van der Waals surface area contributed by atoms with Gasteiger partial charge in [0.25, 0.3) is 0 Å². The van der Waals surface area contributed by atoms with Gasteiger partial charge in [-0.15, -0.1) is 0 Å². The van der Waals surface area contributed by atoms with Gasteiger partial charge in [0.2, 0.25) is 0 Å². The van der Waals surface area contributed by atoms with Gasteiger partial charge in [-0.3, -0.25) is 18.6 Å². The third-order valence-corrected chi connectivity index (χ3v) is 13.1. The lowest BCUT2D eigenvalue weighted by Gasteiger charge is -2.20. The predicted octanol–water partition coefficient (Wildman–Crippen LogP) is 15.5. The van der Waals surface area contributed by atoms with Crippen molar-refractivity contribution in [3.05, 3.63) is 12.2 Å². The van der Waals surface area contributed by atoms with Crippen LogP contribution in [0.4, 0.5) is 0 Å². The minimum absolute atomic E-state index is 0.184. The summed E-state index contributed by atoms with van der Waals surface area (Å²) in [6, 6.07) is 0. The number of ether oxygens (including phenoxy) is 2. The van der Waals surface area contributed by atoms with Gasteiger partial charge in [-0.2, -0.15) is 0 Å². The van der Waals surface area contributed by atoms with Gasteiger partial charge in [0, 0.05) is 12.8 Å². The molecule has 0 aromatic rings. The van der Waals surface area contributed by atoms with Gasteiger partial charge in [-0.25, -0.2) is 4.57 Å². The van der Waals surface area contributed by atoms with E-state index in [1.54, 1.807) is 0 Å². The zero-order chi connectivity index (χ0) is 46.9. The molecule has 0 saturated carbocycles. The highest BCUT2D eigenvalue weighted by Crippen LogP contribution is 2.43. The first-order valence-electron chi connectivity index (χ1n) is 27.1. The molecule has 0 bridgehead atoms. The highest BCUT2D eigenvalue weighted by Gasteiger charge is 2.27. The maximum Gasteiger partial charge on any atom is 0.472 e. The maximum absolute atomic E-state index is 12.7. The Labute approximate surface area is 394 Å². The van der Waals surface area contributed by atoms with Gasteiger partial charge >= 0.3 is 19.8 Å². The summed E-state index contributed by atoms with van der Waals surface area (Å²) in [6.45, 7) is 2.44. The minimum Gasteiger partial charge on any atom is -0.462 e. The Bertz CT molecular complexity index is 1070. The van der Waals surface area contributed by atoms with Gasteiger partial charge in [0.15, 0.2) is 6.10 Å². The monoisotopic (exact) mass is 931 g/mol. The Kier molecular flexibility index (Phi) is 48.6. The Hall–Kier alpha value is -1.29. The van der Waals surface area contributed by atoms with E-state index in [0.717, 1.165) is 38.5 Å². The molecule has 0 amide bonds. The molecule has 3 unspecified atom stereocenters. The molecular formula is C53H103O10P. The molecular weight excluding hydrogens is 828 g/mol. The summed E-state index contributed by atoms with van der Waals surface area (Å²) in [4.78, 5) is 35.2. The number of aliphatic hydroxyl groups excluding tert-OH is 2. The number of aliphatic hydroxyl groups is 2. The van der Waals surface area contributed by atoms with Crippen molar-refractivity contribution in [2.75, 3.05) is 26.4 Å². The normalized spacial score (nSPS) is 13.6. The van der Waals surface area contributed by atoms with Crippen LogP contribution in [0.2, 0.25) is 0 Å². The van der Waals surface area contributed by atoms with Crippen LogP contribution in [0.1, 0.15) is 277 Å². The summed E-state index contributed by atoms with van der Waals surface area (Å²) >= 11 is 0. The lowest BCUT2D eigenvalue weighted by molar-refractivity contribution is -0.161. The second kappa shape index (κ2) is 49.6. The number of allylic oxidation sites excluding steroid dienone is 2. The number of carbonyl (C=O) groups is 2. The Balaban J connectivity index is 4.09. The second-order valence-electron chi connectivity index (χ2n) is 18.6. The molecule has 0 aliphatic heterocycles. The first kappa shape index (κ1) is 62.7. The molecule has 0 rings (SSSR count). The molecule has 380 valence electrons. The fourth-order valence-corrected chi connectivity index (χ4v) is 8.78. The van der Waals surface area contributed by atoms with Gasteiger partial charge in [-0.05, 0) is 38.5 Å². The summed E-state index contributed by atoms with van der Waals surface area (Å²) in [5.41, 5.74) is 0. The van der Waals surface area contributed by atoms with Crippen LogP contribution in [0.25, 0.3) is 0 Å². The van der Waals surface area contributed by atoms with E-state index >= 15 is 0 Å². The van der Waals surface area contributed by atoms with Crippen molar-refractivity contribution in [1.82, 2.24) is 0 Å². The molecule has 3 N–H and O–H groups in total. The minimum atomic E-state index is -4.62. The molecule has 0 aromatic carbocycles. The number of esters is 2. The molecule has 0 saturated heterocycles. The van der Waals surface area contributed by atoms with E-state index in [-0.39, 0.29) is 19.4 Å². The van der Waals surface area contributed by atoms with Crippen molar-refractivity contribution in [3.8, 4) is 0 Å². The Morgan fingerprint density at radius 2 is 0.766 bits per heavy atom. The van der Waals surface area contributed by atoms with Crippen molar-refractivity contribution < 1.29 is 47.8 Å². The highest BCUT2D eigenvalue weighted by atomic mass is 31.2. The molecule has 11 heteroatoms. The molecule has 0 aliphatic carbocycles. The lowest BCUT2D eigenvalue weighted by Crippen LogP contribution is -2.29. The van der Waals surface area contributed by atoms with E-state index < -0.39 is 51.8 Å².